The van der Waals surface area contributed by atoms with Gasteiger partial charge in [0.25, 0.3) is 0 Å². The van der Waals surface area contributed by atoms with E-state index in [0.29, 0.717) is 4.47 Å². The van der Waals surface area contributed by atoms with Crippen molar-refractivity contribution in [3.63, 3.8) is 0 Å². The van der Waals surface area contributed by atoms with Gasteiger partial charge in [0.15, 0.2) is 0 Å². The number of nitrogens with one attached hydrogen (secondary N) is 1. The third-order valence-electron chi connectivity index (χ3n) is 1.88. The molecule has 0 saturated carbocycles. The molecule has 0 heterocycles. The molecule has 1 aromatic rings. The average molecular weight is 411 g/mol. The van der Waals surface area contributed by atoms with Crippen LogP contribution < -0.4 is 4.72 Å². The fourth-order valence-electron chi connectivity index (χ4n) is 1.10. The maximum atomic E-state index is 11.9. The molecule has 0 spiro atoms. The zero-order valence-corrected chi connectivity index (χ0v) is 12.7. The lowest BCUT2D eigenvalue weighted by atomic mass is 10.4. The average Bonchev–Trinajstić information content (AvgIpc) is 2.13. The molecule has 0 saturated heterocycles. The van der Waals surface area contributed by atoms with Crippen LogP contribution in [0.5, 0.6) is 0 Å². The Balaban J connectivity index is 2.81. The van der Waals surface area contributed by atoms with Crippen molar-refractivity contribution in [2.45, 2.75) is 17.5 Å². The van der Waals surface area contributed by atoms with Crippen LogP contribution in [0.2, 0.25) is 0 Å². The van der Waals surface area contributed by atoms with Crippen molar-refractivity contribution in [1.29, 1.82) is 0 Å². The van der Waals surface area contributed by atoms with Crippen molar-refractivity contribution in [3.8, 4) is 0 Å². The predicted molar refractivity (Wildman–Crippen MR) is 67.7 cm³/mol. The molecule has 0 aromatic heterocycles. The summed E-state index contributed by atoms with van der Waals surface area (Å²) in [6.07, 6.45) is -5.60. The number of rotatable bonds is 4. The van der Waals surface area contributed by atoms with E-state index in [2.05, 4.69) is 31.9 Å². The van der Waals surface area contributed by atoms with E-state index in [9.17, 15) is 21.6 Å². The van der Waals surface area contributed by atoms with E-state index in [4.69, 9.17) is 0 Å². The summed E-state index contributed by atoms with van der Waals surface area (Å²) in [5.41, 5.74) is 0. The minimum atomic E-state index is -4.39. The highest BCUT2D eigenvalue weighted by Gasteiger charge is 2.28. The van der Waals surface area contributed by atoms with Gasteiger partial charge in [0.2, 0.25) is 10.0 Å². The van der Waals surface area contributed by atoms with E-state index in [0.717, 1.165) is 0 Å². The first-order valence-electron chi connectivity index (χ1n) is 4.63. The molecule has 9 heteroatoms. The Labute approximate surface area is 119 Å². The van der Waals surface area contributed by atoms with E-state index in [-0.39, 0.29) is 9.37 Å². The molecule has 0 radical (unpaired) electrons. The molecule has 1 aromatic carbocycles. The number of sulfonamides is 1. The van der Waals surface area contributed by atoms with Crippen LogP contribution in [0.3, 0.4) is 0 Å². The Morgan fingerprint density at radius 3 is 2.33 bits per heavy atom. The molecule has 0 unspecified atom stereocenters. The number of hydrogen-bond donors (Lipinski definition) is 1. The molecule has 1 N–H and O–H groups in total. The smallest absolute Gasteiger partial charge is 0.211 e. The van der Waals surface area contributed by atoms with Gasteiger partial charge in [-0.3, -0.25) is 0 Å². The molecule has 0 aliphatic carbocycles. The minimum absolute atomic E-state index is 0.104. The molecular formula is C9H8Br2F3NO2S. The topological polar surface area (TPSA) is 46.2 Å². The molecule has 0 bridgehead atoms. The Hall–Kier alpha value is -0.120. The lowest BCUT2D eigenvalue weighted by Gasteiger charge is -2.10. The summed E-state index contributed by atoms with van der Waals surface area (Å²) in [4.78, 5) is -0.104. The zero-order chi connectivity index (χ0) is 14.0. The first-order chi connectivity index (χ1) is 8.12. The summed E-state index contributed by atoms with van der Waals surface area (Å²) in [5.74, 6) is 0. The van der Waals surface area contributed by atoms with Gasteiger partial charge in [-0.05, 0) is 34.1 Å². The van der Waals surface area contributed by atoms with Crippen LogP contribution in [0.4, 0.5) is 13.2 Å². The first-order valence-corrected chi connectivity index (χ1v) is 7.70. The highest BCUT2D eigenvalue weighted by atomic mass is 79.9. The molecular weight excluding hydrogens is 403 g/mol. The van der Waals surface area contributed by atoms with Crippen LogP contribution in [-0.2, 0) is 10.0 Å². The molecule has 102 valence electrons. The first kappa shape index (κ1) is 15.9. The highest BCUT2D eigenvalue weighted by molar-refractivity contribution is 9.11. The maximum Gasteiger partial charge on any atom is 0.390 e. The summed E-state index contributed by atoms with van der Waals surface area (Å²) in [6.45, 7) is -0.686. The Kier molecular flexibility index (Phi) is 5.22. The van der Waals surface area contributed by atoms with Crippen molar-refractivity contribution in [2.24, 2.45) is 0 Å². The molecule has 0 aliphatic heterocycles. The van der Waals surface area contributed by atoms with Gasteiger partial charge in [0.1, 0.15) is 0 Å². The number of benzene rings is 1. The summed E-state index contributed by atoms with van der Waals surface area (Å²) >= 11 is 6.19. The van der Waals surface area contributed by atoms with Crippen molar-refractivity contribution in [3.05, 3.63) is 27.1 Å². The quantitative estimate of drug-likeness (QED) is 0.826. The van der Waals surface area contributed by atoms with Gasteiger partial charge < -0.3 is 0 Å². The van der Waals surface area contributed by atoms with E-state index in [1.54, 1.807) is 0 Å². The largest absolute Gasteiger partial charge is 0.390 e. The van der Waals surface area contributed by atoms with Gasteiger partial charge in [-0.2, -0.15) is 13.2 Å². The Morgan fingerprint density at radius 1 is 1.22 bits per heavy atom. The maximum absolute atomic E-state index is 11.9. The van der Waals surface area contributed by atoms with Crippen LogP contribution in [0.15, 0.2) is 32.0 Å². The predicted octanol–water partition coefficient (Wildman–Crippen LogP) is 3.44. The van der Waals surface area contributed by atoms with Crippen LogP contribution in [-0.4, -0.2) is 21.1 Å². The summed E-state index contributed by atoms with van der Waals surface area (Å²) in [5, 5.41) is 0. The van der Waals surface area contributed by atoms with Gasteiger partial charge in [0, 0.05) is 15.5 Å². The standard InChI is InChI=1S/C9H8Br2F3NO2S/c10-6-1-2-8(7(11)5-6)18(16,17)15-4-3-9(12,13)14/h1-2,5,15H,3-4H2. The fourth-order valence-corrected chi connectivity index (χ4v) is 3.87. The molecule has 18 heavy (non-hydrogen) atoms. The van der Waals surface area contributed by atoms with Crippen LogP contribution in [0, 0.1) is 0 Å². The van der Waals surface area contributed by atoms with E-state index < -0.39 is 29.2 Å². The van der Waals surface area contributed by atoms with Crippen molar-refractivity contribution >= 4 is 41.9 Å². The normalized spacial score (nSPS) is 12.7. The van der Waals surface area contributed by atoms with Gasteiger partial charge in [-0.1, -0.05) is 15.9 Å². The number of halogens is 5. The van der Waals surface area contributed by atoms with E-state index >= 15 is 0 Å². The number of hydrogen-bond acceptors (Lipinski definition) is 2. The number of alkyl halides is 3. The summed E-state index contributed by atoms with van der Waals surface area (Å²) < 4.78 is 62.0. The van der Waals surface area contributed by atoms with E-state index in [1.807, 2.05) is 4.72 Å². The van der Waals surface area contributed by atoms with Crippen molar-refractivity contribution < 1.29 is 21.6 Å². The summed E-state index contributed by atoms with van der Waals surface area (Å²) in [6, 6.07) is 4.28. The minimum Gasteiger partial charge on any atom is -0.211 e. The molecule has 0 atom stereocenters. The highest BCUT2D eigenvalue weighted by Crippen LogP contribution is 2.26. The van der Waals surface area contributed by atoms with E-state index in [1.165, 1.54) is 18.2 Å². The molecule has 1 rings (SSSR count). The monoisotopic (exact) mass is 409 g/mol. The third kappa shape index (κ3) is 4.87. The van der Waals surface area contributed by atoms with Crippen LogP contribution in [0.25, 0.3) is 0 Å². The zero-order valence-electron chi connectivity index (χ0n) is 8.76. The third-order valence-corrected chi connectivity index (χ3v) is 4.81. The van der Waals surface area contributed by atoms with Crippen LogP contribution >= 0.6 is 31.9 Å². The lowest BCUT2D eigenvalue weighted by Crippen LogP contribution is -2.28. The van der Waals surface area contributed by atoms with Gasteiger partial charge in [-0.25, -0.2) is 13.1 Å². The second-order valence-corrected chi connectivity index (χ2v) is 6.84. The fraction of sp³-hybridized carbons (Fsp3) is 0.333. The second kappa shape index (κ2) is 5.89. The molecule has 0 amide bonds. The van der Waals surface area contributed by atoms with Gasteiger partial charge >= 0.3 is 6.18 Å². The Bertz CT molecular complexity index is 531. The lowest BCUT2D eigenvalue weighted by molar-refractivity contribution is -0.132. The summed E-state index contributed by atoms with van der Waals surface area (Å²) in [7, 11) is -3.95. The Morgan fingerprint density at radius 2 is 1.83 bits per heavy atom. The van der Waals surface area contributed by atoms with Crippen molar-refractivity contribution in [1.82, 2.24) is 4.72 Å². The van der Waals surface area contributed by atoms with Gasteiger partial charge in [-0.15, -0.1) is 0 Å². The van der Waals surface area contributed by atoms with Gasteiger partial charge in [0.05, 0.1) is 11.3 Å². The molecule has 3 nitrogen and oxygen atoms in total. The molecule has 0 fully saturated rings. The van der Waals surface area contributed by atoms with Crippen LogP contribution in [0.1, 0.15) is 6.42 Å². The molecule has 0 aliphatic rings. The SMILES string of the molecule is O=S(=O)(NCCC(F)(F)F)c1ccc(Br)cc1Br. The second-order valence-electron chi connectivity index (χ2n) is 3.34. The van der Waals surface area contributed by atoms with Crippen molar-refractivity contribution in [2.75, 3.05) is 6.54 Å².